The fourth-order valence-electron chi connectivity index (χ4n) is 1.74. The molecule has 21 heavy (non-hydrogen) atoms. The van der Waals surface area contributed by atoms with Crippen LogP contribution in [0.3, 0.4) is 0 Å². The predicted octanol–water partition coefficient (Wildman–Crippen LogP) is 2.02. The summed E-state index contributed by atoms with van der Waals surface area (Å²) in [5, 5.41) is 5.38. The minimum absolute atomic E-state index is 0.123. The van der Waals surface area contributed by atoms with Gasteiger partial charge in [-0.15, -0.1) is 0 Å². The van der Waals surface area contributed by atoms with Crippen LogP contribution in [0.5, 0.6) is 0 Å². The van der Waals surface area contributed by atoms with Crippen molar-refractivity contribution in [2.75, 3.05) is 5.32 Å². The predicted molar refractivity (Wildman–Crippen MR) is 77.4 cm³/mol. The molecule has 0 saturated heterocycles. The second-order valence-corrected chi connectivity index (χ2v) is 4.58. The summed E-state index contributed by atoms with van der Waals surface area (Å²) in [4.78, 5) is 27.2. The molecular weight excluding hydrogens is 270 g/mol. The lowest BCUT2D eigenvalue weighted by Gasteiger charge is -2.05. The molecule has 0 aliphatic carbocycles. The van der Waals surface area contributed by atoms with Gasteiger partial charge in [0, 0.05) is 19.0 Å². The maximum absolute atomic E-state index is 11.7. The van der Waals surface area contributed by atoms with Crippen LogP contribution >= 0.6 is 0 Å². The number of nitrogens with one attached hydrogen (secondary N) is 2. The first kappa shape index (κ1) is 14.8. The van der Waals surface area contributed by atoms with E-state index in [1.54, 1.807) is 24.5 Å². The van der Waals surface area contributed by atoms with E-state index in [9.17, 15) is 9.59 Å². The molecule has 0 aliphatic rings. The molecule has 2 aromatic heterocycles. The van der Waals surface area contributed by atoms with E-state index in [1.807, 2.05) is 19.1 Å². The van der Waals surface area contributed by atoms with Gasteiger partial charge in [-0.05, 0) is 31.2 Å². The van der Waals surface area contributed by atoms with Crippen LogP contribution in [0.25, 0.3) is 0 Å². The molecule has 0 spiro atoms. The first-order valence-corrected chi connectivity index (χ1v) is 6.65. The lowest BCUT2D eigenvalue weighted by molar-refractivity contribution is -0.124. The highest BCUT2D eigenvalue weighted by atomic mass is 16.3. The maximum atomic E-state index is 11.7. The molecule has 0 bridgehead atoms. The number of hydrogen-bond acceptors (Lipinski definition) is 4. The third-order valence-corrected chi connectivity index (χ3v) is 2.78. The van der Waals surface area contributed by atoms with Crippen molar-refractivity contribution in [1.82, 2.24) is 10.3 Å². The molecule has 2 heterocycles. The van der Waals surface area contributed by atoms with E-state index in [-0.39, 0.29) is 24.7 Å². The molecule has 0 atom stereocenters. The number of anilines is 1. The molecule has 6 nitrogen and oxygen atoms in total. The maximum Gasteiger partial charge on any atom is 0.224 e. The van der Waals surface area contributed by atoms with Gasteiger partial charge in [-0.2, -0.15) is 0 Å². The van der Waals surface area contributed by atoms with E-state index < -0.39 is 0 Å². The molecule has 0 unspecified atom stereocenters. The highest BCUT2D eigenvalue weighted by molar-refractivity contribution is 5.93. The van der Waals surface area contributed by atoms with E-state index in [1.165, 1.54) is 0 Å². The monoisotopic (exact) mass is 287 g/mol. The third kappa shape index (κ3) is 5.10. The van der Waals surface area contributed by atoms with Crippen LogP contribution in [0.1, 0.15) is 24.4 Å². The van der Waals surface area contributed by atoms with Crippen molar-refractivity contribution in [3.8, 4) is 0 Å². The molecule has 2 N–H and O–H groups in total. The van der Waals surface area contributed by atoms with Crippen molar-refractivity contribution in [2.24, 2.45) is 0 Å². The molecule has 2 rings (SSSR count). The van der Waals surface area contributed by atoms with Crippen molar-refractivity contribution in [3.05, 3.63) is 48.2 Å². The summed E-state index contributed by atoms with van der Waals surface area (Å²) < 4.78 is 5.34. The van der Waals surface area contributed by atoms with Crippen molar-refractivity contribution < 1.29 is 14.0 Å². The van der Waals surface area contributed by atoms with Gasteiger partial charge in [0.25, 0.3) is 0 Å². The fraction of sp³-hybridized carbons (Fsp3) is 0.267. The molecule has 0 fully saturated rings. The van der Waals surface area contributed by atoms with Crippen LogP contribution in [0.15, 0.2) is 41.1 Å². The van der Waals surface area contributed by atoms with Gasteiger partial charge in [-0.3, -0.25) is 14.6 Å². The smallest absolute Gasteiger partial charge is 0.224 e. The number of carbonyl (C=O) groups is 2. The lowest BCUT2D eigenvalue weighted by atomic mass is 10.2. The van der Waals surface area contributed by atoms with E-state index in [4.69, 9.17) is 4.42 Å². The average Bonchev–Trinajstić information content (AvgIpc) is 2.90. The minimum Gasteiger partial charge on any atom is -0.465 e. The lowest BCUT2D eigenvalue weighted by Crippen LogP contribution is -2.24. The second-order valence-electron chi connectivity index (χ2n) is 4.58. The standard InChI is InChI=1S/C15H17N3O3/c1-11-4-5-13(21-11)10-17-14(19)6-7-15(20)18-12-3-2-8-16-9-12/h2-5,8-9H,6-7,10H2,1H3,(H,17,19)(H,18,20). The fourth-order valence-corrected chi connectivity index (χ4v) is 1.74. The highest BCUT2D eigenvalue weighted by Crippen LogP contribution is 2.06. The molecule has 6 heteroatoms. The number of aromatic nitrogens is 1. The normalized spacial score (nSPS) is 10.1. The zero-order valence-corrected chi connectivity index (χ0v) is 11.8. The zero-order valence-electron chi connectivity index (χ0n) is 11.8. The molecule has 2 amide bonds. The minimum atomic E-state index is -0.216. The summed E-state index contributed by atoms with van der Waals surface area (Å²) in [6.45, 7) is 2.17. The Labute approximate surface area is 122 Å². The highest BCUT2D eigenvalue weighted by Gasteiger charge is 2.08. The average molecular weight is 287 g/mol. The van der Waals surface area contributed by atoms with Crippen LogP contribution in [0.2, 0.25) is 0 Å². The first-order chi connectivity index (χ1) is 10.1. The number of pyridine rings is 1. The number of rotatable bonds is 6. The summed E-state index contributed by atoms with van der Waals surface area (Å²) in [5.41, 5.74) is 0.619. The van der Waals surface area contributed by atoms with Crippen LogP contribution in [-0.4, -0.2) is 16.8 Å². The van der Waals surface area contributed by atoms with Gasteiger partial charge in [0.2, 0.25) is 11.8 Å². The van der Waals surface area contributed by atoms with Crippen LogP contribution in [-0.2, 0) is 16.1 Å². The van der Waals surface area contributed by atoms with E-state index in [0.717, 1.165) is 5.76 Å². The quantitative estimate of drug-likeness (QED) is 0.851. The number of aryl methyl sites for hydroxylation is 1. The zero-order chi connectivity index (χ0) is 15.1. The Balaban J connectivity index is 1.67. The summed E-state index contributed by atoms with van der Waals surface area (Å²) in [5.74, 6) is 1.09. The molecule has 0 aromatic carbocycles. The summed E-state index contributed by atoms with van der Waals surface area (Å²) >= 11 is 0. The Kier molecular flexibility index (Phi) is 5.09. The van der Waals surface area contributed by atoms with Gasteiger partial charge in [0.1, 0.15) is 11.5 Å². The molecule has 0 aliphatic heterocycles. The van der Waals surface area contributed by atoms with Gasteiger partial charge in [-0.25, -0.2) is 0 Å². The van der Waals surface area contributed by atoms with Crippen molar-refractivity contribution in [3.63, 3.8) is 0 Å². The van der Waals surface area contributed by atoms with Crippen LogP contribution in [0.4, 0.5) is 5.69 Å². The van der Waals surface area contributed by atoms with E-state index in [0.29, 0.717) is 18.0 Å². The Bertz CT molecular complexity index is 608. The Hall–Kier alpha value is -2.63. The molecule has 0 saturated carbocycles. The molecule has 0 radical (unpaired) electrons. The number of nitrogens with zero attached hydrogens (tertiary/aromatic N) is 1. The Morgan fingerprint density at radius 3 is 2.67 bits per heavy atom. The second kappa shape index (κ2) is 7.23. The number of hydrogen-bond donors (Lipinski definition) is 2. The van der Waals surface area contributed by atoms with E-state index in [2.05, 4.69) is 15.6 Å². The van der Waals surface area contributed by atoms with Gasteiger partial charge in [0.05, 0.1) is 18.4 Å². The van der Waals surface area contributed by atoms with Gasteiger partial charge in [-0.1, -0.05) is 0 Å². The van der Waals surface area contributed by atoms with E-state index >= 15 is 0 Å². The van der Waals surface area contributed by atoms with Crippen LogP contribution in [0, 0.1) is 6.92 Å². The van der Waals surface area contributed by atoms with Gasteiger partial charge in [0.15, 0.2) is 0 Å². The third-order valence-electron chi connectivity index (χ3n) is 2.78. The summed E-state index contributed by atoms with van der Waals surface area (Å²) in [6, 6.07) is 7.12. The van der Waals surface area contributed by atoms with Gasteiger partial charge < -0.3 is 15.1 Å². The topological polar surface area (TPSA) is 84.2 Å². The SMILES string of the molecule is Cc1ccc(CNC(=O)CCC(=O)Nc2cccnc2)o1. The van der Waals surface area contributed by atoms with Crippen molar-refractivity contribution in [2.45, 2.75) is 26.3 Å². The Morgan fingerprint density at radius 1 is 1.19 bits per heavy atom. The first-order valence-electron chi connectivity index (χ1n) is 6.65. The number of amides is 2. The molecule has 110 valence electrons. The van der Waals surface area contributed by atoms with Gasteiger partial charge >= 0.3 is 0 Å². The van der Waals surface area contributed by atoms with Crippen molar-refractivity contribution in [1.29, 1.82) is 0 Å². The molecular formula is C15H17N3O3. The summed E-state index contributed by atoms with van der Waals surface area (Å²) in [7, 11) is 0. The van der Waals surface area contributed by atoms with Crippen LogP contribution < -0.4 is 10.6 Å². The molecule has 2 aromatic rings. The van der Waals surface area contributed by atoms with Crippen molar-refractivity contribution >= 4 is 17.5 Å². The number of carbonyl (C=O) groups excluding carboxylic acids is 2. The number of furan rings is 1. The summed E-state index contributed by atoms with van der Waals surface area (Å²) in [6.07, 6.45) is 3.43. The Morgan fingerprint density at radius 2 is 2.00 bits per heavy atom. The largest absolute Gasteiger partial charge is 0.465 e.